The van der Waals surface area contributed by atoms with Crippen molar-refractivity contribution in [3.63, 3.8) is 0 Å². The molecule has 0 aromatic rings. The molecule has 0 saturated carbocycles. The van der Waals surface area contributed by atoms with Crippen LogP contribution in [0.25, 0.3) is 0 Å². The minimum Gasteiger partial charge on any atom is -0.356 e. The van der Waals surface area contributed by atoms with Crippen LogP contribution in [0.4, 0.5) is 0 Å². The second-order valence-corrected chi connectivity index (χ2v) is 4.24. The maximum absolute atomic E-state index is 11.5. The molecule has 1 unspecified atom stereocenters. The fourth-order valence-corrected chi connectivity index (χ4v) is 1.71. The van der Waals surface area contributed by atoms with Crippen molar-refractivity contribution in [1.29, 1.82) is 0 Å². The Hall–Kier alpha value is -0.610. The molecule has 0 aromatic carbocycles. The van der Waals surface area contributed by atoms with Gasteiger partial charge in [-0.15, -0.1) is 0 Å². The van der Waals surface area contributed by atoms with Crippen LogP contribution in [0.15, 0.2) is 0 Å². The van der Waals surface area contributed by atoms with Crippen molar-refractivity contribution in [3.05, 3.63) is 0 Å². The third kappa shape index (κ3) is 8.68. The molecule has 0 fully saturated rings. The molecule has 0 aliphatic rings. The van der Waals surface area contributed by atoms with Crippen molar-refractivity contribution < 1.29 is 4.79 Å². The highest BCUT2D eigenvalue weighted by molar-refractivity contribution is 5.75. The molecular formula is C12H27N3O. The van der Waals surface area contributed by atoms with Crippen molar-refractivity contribution in [1.82, 2.24) is 5.32 Å². The molecule has 0 aromatic heterocycles. The summed E-state index contributed by atoms with van der Waals surface area (Å²) in [5.41, 5.74) is 10.9. The molecule has 0 rings (SSSR count). The lowest BCUT2D eigenvalue weighted by molar-refractivity contribution is -0.121. The number of carbonyl (C=O) groups is 1. The Balaban J connectivity index is 3.47. The summed E-state index contributed by atoms with van der Waals surface area (Å²) in [6, 6.07) is 0. The van der Waals surface area contributed by atoms with E-state index in [2.05, 4.69) is 12.2 Å². The van der Waals surface area contributed by atoms with Gasteiger partial charge in [-0.05, 0) is 44.7 Å². The van der Waals surface area contributed by atoms with E-state index >= 15 is 0 Å². The molecule has 4 nitrogen and oxygen atoms in total. The molecule has 0 aliphatic carbocycles. The van der Waals surface area contributed by atoms with Gasteiger partial charge in [0.2, 0.25) is 5.91 Å². The van der Waals surface area contributed by atoms with Gasteiger partial charge in [0.15, 0.2) is 0 Å². The van der Waals surface area contributed by atoms with E-state index in [4.69, 9.17) is 11.5 Å². The average Bonchev–Trinajstić information content (AvgIpc) is 2.30. The minimum atomic E-state index is 0.160. The maximum atomic E-state index is 11.5. The summed E-state index contributed by atoms with van der Waals surface area (Å²) >= 11 is 0. The third-order valence-electron chi connectivity index (χ3n) is 2.88. The molecule has 1 amide bonds. The van der Waals surface area contributed by atoms with Gasteiger partial charge >= 0.3 is 0 Å². The SMILES string of the molecule is CCC(CCN)CCC(=O)NCCCCN. The molecule has 0 saturated heterocycles. The van der Waals surface area contributed by atoms with E-state index in [9.17, 15) is 4.79 Å². The highest BCUT2D eigenvalue weighted by Gasteiger charge is 2.08. The highest BCUT2D eigenvalue weighted by atomic mass is 16.1. The molecule has 0 aliphatic heterocycles. The van der Waals surface area contributed by atoms with E-state index < -0.39 is 0 Å². The first kappa shape index (κ1) is 15.4. The summed E-state index contributed by atoms with van der Waals surface area (Å²) in [7, 11) is 0. The Morgan fingerprint density at radius 3 is 2.50 bits per heavy atom. The van der Waals surface area contributed by atoms with Gasteiger partial charge in [0, 0.05) is 13.0 Å². The first-order valence-electron chi connectivity index (χ1n) is 6.41. The summed E-state index contributed by atoms with van der Waals surface area (Å²) in [5.74, 6) is 0.757. The maximum Gasteiger partial charge on any atom is 0.220 e. The van der Waals surface area contributed by atoms with Crippen LogP contribution in [0.1, 0.15) is 45.4 Å². The molecule has 16 heavy (non-hydrogen) atoms. The summed E-state index contributed by atoms with van der Waals surface area (Å²) < 4.78 is 0. The summed E-state index contributed by atoms with van der Waals surface area (Å²) in [6.07, 6.45) is 5.67. The summed E-state index contributed by atoms with van der Waals surface area (Å²) in [4.78, 5) is 11.5. The Morgan fingerprint density at radius 1 is 1.19 bits per heavy atom. The fraction of sp³-hybridized carbons (Fsp3) is 0.917. The van der Waals surface area contributed by atoms with Crippen molar-refractivity contribution in [2.45, 2.75) is 45.4 Å². The third-order valence-corrected chi connectivity index (χ3v) is 2.88. The second-order valence-electron chi connectivity index (χ2n) is 4.24. The van der Waals surface area contributed by atoms with Crippen molar-refractivity contribution in [3.8, 4) is 0 Å². The largest absolute Gasteiger partial charge is 0.356 e. The molecule has 5 N–H and O–H groups in total. The van der Waals surface area contributed by atoms with E-state index in [1.807, 2.05) is 0 Å². The van der Waals surface area contributed by atoms with Crippen LogP contribution in [0, 0.1) is 5.92 Å². The number of rotatable bonds is 10. The first-order valence-corrected chi connectivity index (χ1v) is 6.41. The number of amides is 1. The van der Waals surface area contributed by atoms with E-state index in [0.29, 0.717) is 18.9 Å². The molecule has 96 valence electrons. The second kappa shape index (κ2) is 10.9. The van der Waals surface area contributed by atoms with Gasteiger partial charge in [0.05, 0.1) is 0 Å². The van der Waals surface area contributed by atoms with Crippen LogP contribution in [0.2, 0.25) is 0 Å². The molecule has 0 bridgehead atoms. The minimum absolute atomic E-state index is 0.160. The number of hydrogen-bond acceptors (Lipinski definition) is 3. The van der Waals surface area contributed by atoms with Gasteiger partial charge in [0.25, 0.3) is 0 Å². The summed E-state index contributed by atoms with van der Waals surface area (Å²) in [5, 5.41) is 2.91. The van der Waals surface area contributed by atoms with E-state index in [-0.39, 0.29) is 5.91 Å². The molecule has 4 heteroatoms. The molecule has 0 heterocycles. The summed E-state index contributed by atoms with van der Waals surface area (Å²) in [6.45, 7) is 4.32. The van der Waals surface area contributed by atoms with Crippen LogP contribution >= 0.6 is 0 Å². The molecule has 0 spiro atoms. The Morgan fingerprint density at radius 2 is 1.94 bits per heavy atom. The van der Waals surface area contributed by atoms with Gasteiger partial charge in [-0.1, -0.05) is 13.3 Å². The van der Waals surface area contributed by atoms with Gasteiger partial charge in [0.1, 0.15) is 0 Å². The fourth-order valence-electron chi connectivity index (χ4n) is 1.71. The zero-order valence-corrected chi connectivity index (χ0v) is 10.5. The molecule has 0 radical (unpaired) electrons. The number of hydrogen-bond donors (Lipinski definition) is 3. The zero-order chi connectivity index (χ0) is 12.2. The van der Waals surface area contributed by atoms with Gasteiger partial charge in [-0.2, -0.15) is 0 Å². The van der Waals surface area contributed by atoms with Crippen LogP contribution in [-0.4, -0.2) is 25.5 Å². The number of nitrogens with one attached hydrogen (secondary N) is 1. The van der Waals surface area contributed by atoms with Gasteiger partial charge in [-0.3, -0.25) is 4.79 Å². The van der Waals surface area contributed by atoms with Crippen LogP contribution < -0.4 is 16.8 Å². The van der Waals surface area contributed by atoms with E-state index in [1.165, 1.54) is 0 Å². The molecular weight excluding hydrogens is 202 g/mol. The first-order chi connectivity index (χ1) is 7.74. The predicted molar refractivity (Wildman–Crippen MR) is 68.0 cm³/mol. The van der Waals surface area contributed by atoms with E-state index in [1.54, 1.807) is 0 Å². The Kier molecular flexibility index (Phi) is 10.5. The van der Waals surface area contributed by atoms with Crippen molar-refractivity contribution in [2.24, 2.45) is 17.4 Å². The van der Waals surface area contributed by atoms with E-state index in [0.717, 1.165) is 45.2 Å². The monoisotopic (exact) mass is 229 g/mol. The van der Waals surface area contributed by atoms with Crippen LogP contribution in [-0.2, 0) is 4.79 Å². The molecule has 1 atom stereocenters. The number of unbranched alkanes of at least 4 members (excludes halogenated alkanes) is 1. The number of carbonyl (C=O) groups excluding carboxylic acids is 1. The topological polar surface area (TPSA) is 81.1 Å². The standard InChI is InChI=1S/C12H27N3O/c1-2-11(7-9-14)5-6-12(16)15-10-4-3-8-13/h11H,2-10,13-14H2,1H3,(H,15,16). The van der Waals surface area contributed by atoms with Gasteiger partial charge in [-0.25, -0.2) is 0 Å². The van der Waals surface area contributed by atoms with Crippen LogP contribution in [0.3, 0.4) is 0 Å². The number of nitrogens with two attached hydrogens (primary N) is 2. The average molecular weight is 229 g/mol. The lowest BCUT2D eigenvalue weighted by Gasteiger charge is -2.13. The zero-order valence-electron chi connectivity index (χ0n) is 10.5. The normalized spacial score (nSPS) is 12.4. The smallest absolute Gasteiger partial charge is 0.220 e. The highest BCUT2D eigenvalue weighted by Crippen LogP contribution is 2.14. The van der Waals surface area contributed by atoms with Crippen molar-refractivity contribution >= 4 is 5.91 Å². The van der Waals surface area contributed by atoms with Gasteiger partial charge < -0.3 is 16.8 Å². The Labute approximate surface area is 99.1 Å². The lowest BCUT2D eigenvalue weighted by atomic mass is 9.96. The van der Waals surface area contributed by atoms with Crippen LogP contribution in [0.5, 0.6) is 0 Å². The predicted octanol–water partition coefficient (Wildman–Crippen LogP) is 0.997. The lowest BCUT2D eigenvalue weighted by Crippen LogP contribution is -2.25. The Bertz CT molecular complexity index is 174. The quantitative estimate of drug-likeness (QED) is 0.489. The van der Waals surface area contributed by atoms with Crippen molar-refractivity contribution in [2.75, 3.05) is 19.6 Å².